The van der Waals surface area contributed by atoms with Gasteiger partial charge in [0.05, 0.1) is 17.8 Å². The van der Waals surface area contributed by atoms with E-state index in [0.29, 0.717) is 5.82 Å². The highest BCUT2D eigenvalue weighted by atomic mass is 19.4. The van der Waals surface area contributed by atoms with Crippen LogP contribution in [-0.4, -0.2) is 22.3 Å². The first kappa shape index (κ1) is 18.3. The van der Waals surface area contributed by atoms with Gasteiger partial charge in [-0.15, -0.1) is 0 Å². The molecule has 0 aliphatic heterocycles. The van der Waals surface area contributed by atoms with Crippen LogP contribution in [0.5, 0.6) is 5.75 Å². The van der Waals surface area contributed by atoms with Gasteiger partial charge in [0, 0.05) is 6.07 Å². The Labute approximate surface area is 149 Å². The summed E-state index contributed by atoms with van der Waals surface area (Å²) in [5.41, 5.74) is -0.814. The molecule has 140 valence electrons. The van der Waals surface area contributed by atoms with E-state index >= 15 is 0 Å². The Kier molecular flexibility index (Phi) is 5.49. The average Bonchev–Trinajstić information content (AvgIpc) is 3.08. The Bertz CT molecular complexity index is 752. The summed E-state index contributed by atoms with van der Waals surface area (Å²) in [7, 11) is 0. The van der Waals surface area contributed by atoms with Crippen molar-refractivity contribution in [2.75, 3.05) is 11.9 Å². The molecule has 0 unspecified atom stereocenters. The van der Waals surface area contributed by atoms with Gasteiger partial charge in [0.2, 0.25) is 0 Å². The Morgan fingerprint density at radius 3 is 2.73 bits per heavy atom. The molecule has 2 aromatic rings. The predicted octanol–water partition coefficient (Wildman–Crippen LogP) is 4.42. The van der Waals surface area contributed by atoms with Gasteiger partial charge in [-0.3, -0.25) is 4.79 Å². The Morgan fingerprint density at radius 1 is 1.23 bits per heavy atom. The number of anilines is 1. The zero-order valence-electron chi connectivity index (χ0n) is 14.1. The number of halogens is 3. The molecule has 1 amide bonds. The van der Waals surface area contributed by atoms with Crippen LogP contribution in [-0.2, 0) is 11.0 Å². The number of nitrogens with zero attached hydrogens (tertiary/aromatic N) is 2. The molecule has 26 heavy (non-hydrogen) atoms. The number of carbonyl (C=O) groups is 1. The van der Waals surface area contributed by atoms with Gasteiger partial charge < -0.3 is 10.1 Å². The zero-order chi connectivity index (χ0) is 18.6. The van der Waals surface area contributed by atoms with E-state index in [-0.39, 0.29) is 18.4 Å². The molecule has 1 aromatic heterocycles. The molecular formula is C18H20F3N3O2. The van der Waals surface area contributed by atoms with Gasteiger partial charge in [-0.1, -0.05) is 25.3 Å². The van der Waals surface area contributed by atoms with Crippen LogP contribution in [0.1, 0.15) is 43.7 Å². The van der Waals surface area contributed by atoms with E-state index < -0.39 is 17.6 Å². The van der Waals surface area contributed by atoms with E-state index in [2.05, 4.69) is 10.4 Å². The average molecular weight is 367 g/mol. The van der Waals surface area contributed by atoms with Gasteiger partial charge in [0.15, 0.2) is 6.61 Å². The van der Waals surface area contributed by atoms with Crippen molar-refractivity contribution in [1.29, 1.82) is 0 Å². The van der Waals surface area contributed by atoms with Gasteiger partial charge >= 0.3 is 6.18 Å². The van der Waals surface area contributed by atoms with E-state index in [0.717, 1.165) is 37.8 Å². The van der Waals surface area contributed by atoms with Crippen LogP contribution in [0.15, 0.2) is 36.5 Å². The summed E-state index contributed by atoms with van der Waals surface area (Å²) < 4.78 is 45.1. The number of hydrogen-bond donors (Lipinski definition) is 1. The van der Waals surface area contributed by atoms with Crippen molar-refractivity contribution in [3.05, 3.63) is 42.1 Å². The summed E-state index contributed by atoms with van der Waals surface area (Å²) in [5.74, 6) is 0.130. The smallest absolute Gasteiger partial charge is 0.416 e. The predicted molar refractivity (Wildman–Crippen MR) is 89.9 cm³/mol. The molecule has 1 fully saturated rings. The topological polar surface area (TPSA) is 56.1 Å². The fraction of sp³-hybridized carbons (Fsp3) is 0.444. The Morgan fingerprint density at radius 2 is 2.00 bits per heavy atom. The molecule has 1 heterocycles. The summed E-state index contributed by atoms with van der Waals surface area (Å²) in [6.45, 7) is -0.378. The van der Waals surface area contributed by atoms with Crippen molar-refractivity contribution in [3.8, 4) is 5.75 Å². The SMILES string of the molecule is O=C(COc1cccc(C(F)(F)F)c1)Nc1ccnn1C1CCCCC1. The van der Waals surface area contributed by atoms with Crippen LogP contribution in [0.4, 0.5) is 19.0 Å². The van der Waals surface area contributed by atoms with Crippen LogP contribution in [0.25, 0.3) is 0 Å². The fourth-order valence-electron chi connectivity index (χ4n) is 3.12. The van der Waals surface area contributed by atoms with Gasteiger partial charge in [-0.05, 0) is 31.0 Å². The molecule has 5 nitrogen and oxygen atoms in total. The number of hydrogen-bond acceptors (Lipinski definition) is 3. The van der Waals surface area contributed by atoms with Gasteiger partial charge in [-0.25, -0.2) is 4.68 Å². The minimum Gasteiger partial charge on any atom is -0.484 e. The number of benzene rings is 1. The number of ether oxygens (including phenoxy) is 1. The van der Waals surface area contributed by atoms with E-state index in [1.165, 1.54) is 18.6 Å². The van der Waals surface area contributed by atoms with Crippen LogP contribution in [0.2, 0.25) is 0 Å². The summed E-state index contributed by atoms with van der Waals surface area (Å²) in [6.07, 6.45) is 2.69. The summed E-state index contributed by atoms with van der Waals surface area (Å²) in [5, 5.41) is 7.00. The molecule has 0 bridgehead atoms. The second-order valence-corrected chi connectivity index (χ2v) is 6.32. The number of alkyl halides is 3. The maximum Gasteiger partial charge on any atom is 0.416 e. The molecule has 0 saturated heterocycles. The fourth-order valence-corrected chi connectivity index (χ4v) is 3.12. The van der Waals surface area contributed by atoms with Gasteiger partial charge in [-0.2, -0.15) is 18.3 Å². The standard InChI is InChI=1S/C18H20F3N3O2/c19-18(20,21)13-5-4-8-15(11-13)26-12-17(25)23-16-9-10-22-24(16)14-6-2-1-3-7-14/h4-5,8-11,14H,1-3,6-7,12H2,(H,23,25). The lowest BCUT2D eigenvalue weighted by molar-refractivity contribution is -0.137. The third-order valence-electron chi connectivity index (χ3n) is 4.39. The van der Waals surface area contributed by atoms with Crippen molar-refractivity contribution in [2.24, 2.45) is 0 Å². The first-order valence-electron chi connectivity index (χ1n) is 8.57. The molecule has 1 aliphatic rings. The second kappa shape index (κ2) is 7.80. The monoisotopic (exact) mass is 367 g/mol. The molecule has 0 radical (unpaired) electrons. The summed E-state index contributed by atoms with van der Waals surface area (Å²) in [4.78, 5) is 12.1. The van der Waals surface area contributed by atoms with Gasteiger partial charge in [0.25, 0.3) is 5.91 Å². The van der Waals surface area contributed by atoms with Crippen molar-refractivity contribution < 1.29 is 22.7 Å². The third-order valence-corrected chi connectivity index (χ3v) is 4.39. The Hall–Kier alpha value is -2.51. The highest BCUT2D eigenvalue weighted by molar-refractivity contribution is 5.91. The number of carbonyl (C=O) groups excluding carboxylic acids is 1. The van der Waals surface area contributed by atoms with E-state index in [1.807, 2.05) is 0 Å². The minimum absolute atomic E-state index is 0.00392. The highest BCUT2D eigenvalue weighted by Crippen LogP contribution is 2.31. The maximum absolute atomic E-state index is 12.7. The van der Waals surface area contributed by atoms with E-state index in [1.54, 1.807) is 16.9 Å². The Balaban J connectivity index is 1.58. The molecule has 3 rings (SSSR count). The molecule has 8 heteroatoms. The van der Waals surface area contributed by atoms with Crippen LogP contribution >= 0.6 is 0 Å². The highest BCUT2D eigenvalue weighted by Gasteiger charge is 2.30. The maximum atomic E-state index is 12.7. The van der Waals surface area contributed by atoms with E-state index in [4.69, 9.17) is 4.74 Å². The van der Waals surface area contributed by atoms with E-state index in [9.17, 15) is 18.0 Å². The minimum atomic E-state index is -4.45. The molecule has 1 saturated carbocycles. The first-order chi connectivity index (χ1) is 12.4. The largest absolute Gasteiger partial charge is 0.484 e. The van der Waals surface area contributed by atoms with Crippen molar-refractivity contribution >= 4 is 11.7 Å². The van der Waals surface area contributed by atoms with Crippen molar-refractivity contribution in [2.45, 2.75) is 44.3 Å². The van der Waals surface area contributed by atoms with Crippen molar-refractivity contribution in [1.82, 2.24) is 9.78 Å². The molecule has 1 N–H and O–H groups in total. The number of nitrogens with one attached hydrogen (secondary N) is 1. The normalized spacial score (nSPS) is 15.7. The number of aromatic nitrogens is 2. The quantitative estimate of drug-likeness (QED) is 0.851. The van der Waals surface area contributed by atoms with Crippen molar-refractivity contribution in [3.63, 3.8) is 0 Å². The lowest BCUT2D eigenvalue weighted by atomic mass is 9.96. The number of rotatable bonds is 5. The molecular weight excluding hydrogens is 347 g/mol. The third kappa shape index (κ3) is 4.56. The van der Waals surface area contributed by atoms with Gasteiger partial charge in [0.1, 0.15) is 11.6 Å². The number of amides is 1. The lowest BCUT2D eigenvalue weighted by Crippen LogP contribution is -2.24. The summed E-state index contributed by atoms with van der Waals surface area (Å²) in [6, 6.07) is 6.42. The molecule has 0 atom stereocenters. The summed E-state index contributed by atoms with van der Waals surface area (Å²) >= 11 is 0. The molecule has 0 spiro atoms. The zero-order valence-corrected chi connectivity index (χ0v) is 14.1. The second-order valence-electron chi connectivity index (χ2n) is 6.32. The lowest BCUT2D eigenvalue weighted by Gasteiger charge is -2.23. The molecule has 1 aromatic carbocycles. The van der Waals surface area contributed by atoms with Crippen LogP contribution in [0.3, 0.4) is 0 Å². The van der Waals surface area contributed by atoms with Crippen LogP contribution < -0.4 is 10.1 Å². The first-order valence-corrected chi connectivity index (χ1v) is 8.57. The van der Waals surface area contributed by atoms with Crippen LogP contribution in [0, 0.1) is 0 Å². The molecule has 1 aliphatic carbocycles.